The van der Waals surface area contributed by atoms with Crippen LogP contribution in [0.5, 0.6) is 0 Å². The average Bonchev–Trinajstić information content (AvgIpc) is 3.09. The lowest BCUT2D eigenvalue weighted by atomic mass is 10.1. The summed E-state index contributed by atoms with van der Waals surface area (Å²) < 4.78 is 0. The highest BCUT2D eigenvalue weighted by Crippen LogP contribution is 2.38. The number of benzene rings is 3. The van der Waals surface area contributed by atoms with Gasteiger partial charge in [0.25, 0.3) is 11.6 Å². The van der Waals surface area contributed by atoms with Gasteiger partial charge in [0.15, 0.2) is 0 Å². The summed E-state index contributed by atoms with van der Waals surface area (Å²) in [5.74, 6) is -0.245. The Morgan fingerprint density at radius 3 is 2.16 bits per heavy atom. The summed E-state index contributed by atoms with van der Waals surface area (Å²) in [6.45, 7) is 3.79. The molecule has 1 aliphatic rings. The highest BCUT2D eigenvalue weighted by molar-refractivity contribution is 6.32. The van der Waals surface area contributed by atoms with Gasteiger partial charge in [-0.1, -0.05) is 35.3 Å². The molecule has 1 aliphatic heterocycles. The molecule has 0 spiro atoms. The van der Waals surface area contributed by atoms with E-state index in [9.17, 15) is 14.9 Å². The predicted molar refractivity (Wildman–Crippen MR) is 127 cm³/mol. The second-order valence-corrected chi connectivity index (χ2v) is 8.39. The number of nitro groups is 1. The third-order valence-electron chi connectivity index (χ3n) is 5.38. The first kappa shape index (κ1) is 21.9. The number of nitrogens with zero attached hydrogens (tertiary/aromatic N) is 2. The molecule has 1 heterocycles. The number of aryl methyl sites for hydroxylation is 2. The van der Waals surface area contributed by atoms with Gasteiger partial charge in [0.1, 0.15) is 5.70 Å². The molecular formula is C24H19Cl2N3O3. The van der Waals surface area contributed by atoms with Crippen LogP contribution in [-0.2, 0) is 4.79 Å². The van der Waals surface area contributed by atoms with E-state index in [0.29, 0.717) is 27.1 Å². The molecule has 0 saturated heterocycles. The van der Waals surface area contributed by atoms with Crippen molar-refractivity contribution in [1.29, 1.82) is 0 Å². The fraction of sp³-hybridized carbons (Fsp3) is 0.125. The minimum absolute atomic E-state index is 0.0142. The number of carbonyl (C=O) groups excluding carboxylic acids is 1. The lowest BCUT2D eigenvalue weighted by molar-refractivity contribution is -0.384. The Morgan fingerprint density at radius 1 is 0.938 bits per heavy atom. The molecule has 0 saturated carbocycles. The average molecular weight is 468 g/mol. The largest absolute Gasteiger partial charge is 0.351 e. The van der Waals surface area contributed by atoms with Crippen molar-refractivity contribution in [3.63, 3.8) is 0 Å². The maximum absolute atomic E-state index is 13.4. The molecule has 32 heavy (non-hydrogen) atoms. The number of non-ortho nitro benzene ring substituents is 1. The number of nitrogens with one attached hydrogen (secondary N) is 1. The van der Waals surface area contributed by atoms with E-state index in [1.54, 1.807) is 35.2 Å². The molecule has 6 nitrogen and oxygen atoms in total. The van der Waals surface area contributed by atoms with Crippen molar-refractivity contribution in [1.82, 2.24) is 0 Å². The molecule has 3 aromatic carbocycles. The second kappa shape index (κ2) is 8.65. The van der Waals surface area contributed by atoms with Crippen LogP contribution in [-0.4, -0.2) is 10.8 Å². The van der Waals surface area contributed by atoms with Crippen LogP contribution in [0.2, 0.25) is 10.0 Å². The van der Waals surface area contributed by atoms with Gasteiger partial charge in [0, 0.05) is 33.6 Å². The standard InChI is InChI=1S/C24H19Cl2N3O3/c1-14-3-7-17(11-20(14)25)27-22-13-23(16-5-9-18(10-6-16)29(31)32)28(24(22)30)19-8-4-15(2)21(26)12-19/h3-13,23,27H,1-2H3/t23-/m0/s1. The maximum Gasteiger partial charge on any atom is 0.275 e. The highest BCUT2D eigenvalue weighted by atomic mass is 35.5. The summed E-state index contributed by atoms with van der Waals surface area (Å²) in [7, 11) is 0. The predicted octanol–water partition coefficient (Wildman–Crippen LogP) is 6.60. The van der Waals surface area contributed by atoms with Crippen LogP contribution in [0, 0.1) is 24.0 Å². The summed E-state index contributed by atoms with van der Waals surface area (Å²) in [5, 5.41) is 15.3. The number of rotatable bonds is 5. The lowest BCUT2D eigenvalue weighted by Gasteiger charge is -2.25. The molecule has 0 aliphatic carbocycles. The smallest absolute Gasteiger partial charge is 0.275 e. The SMILES string of the molecule is Cc1ccc(NC2=C[C@@H](c3ccc([N+](=O)[O-])cc3)N(c3ccc(C)c(Cl)c3)C2=O)cc1Cl. The van der Waals surface area contributed by atoms with Crippen LogP contribution in [0.4, 0.5) is 17.1 Å². The lowest BCUT2D eigenvalue weighted by Crippen LogP contribution is -2.30. The first-order valence-electron chi connectivity index (χ1n) is 9.83. The first-order chi connectivity index (χ1) is 15.2. The Bertz CT molecular complexity index is 1260. The molecule has 0 bridgehead atoms. The summed E-state index contributed by atoms with van der Waals surface area (Å²) in [4.78, 5) is 25.6. The number of nitro benzene ring substituents is 1. The highest BCUT2D eigenvalue weighted by Gasteiger charge is 2.35. The monoisotopic (exact) mass is 467 g/mol. The second-order valence-electron chi connectivity index (χ2n) is 7.57. The minimum atomic E-state index is -0.467. The third-order valence-corrected chi connectivity index (χ3v) is 6.20. The van der Waals surface area contributed by atoms with Crippen LogP contribution in [0.3, 0.4) is 0 Å². The molecule has 4 rings (SSSR count). The molecule has 0 radical (unpaired) electrons. The fourth-order valence-corrected chi connectivity index (χ4v) is 3.88. The van der Waals surface area contributed by atoms with Gasteiger partial charge in [-0.15, -0.1) is 0 Å². The zero-order valence-electron chi connectivity index (χ0n) is 17.3. The molecule has 162 valence electrons. The molecule has 3 aromatic rings. The van der Waals surface area contributed by atoms with Gasteiger partial charge in [-0.25, -0.2) is 0 Å². The molecule has 1 atom stereocenters. The maximum atomic E-state index is 13.4. The van der Waals surface area contributed by atoms with Gasteiger partial charge in [-0.05, 0) is 73.0 Å². The normalized spacial score (nSPS) is 15.6. The summed E-state index contributed by atoms with van der Waals surface area (Å²) in [5.41, 5.74) is 4.25. The van der Waals surface area contributed by atoms with Crippen LogP contribution in [0.15, 0.2) is 72.4 Å². The Hall–Kier alpha value is -3.35. The number of halogens is 2. The molecule has 0 fully saturated rings. The summed E-state index contributed by atoms with van der Waals surface area (Å²) in [6, 6.07) is 16.6. The van der Waals surface area contributed by atoms with Gasteiger partial charge in [0.2, 0.25) is 0 Å². The summed E-state index contributed by atoms with van der Waals surface area (Å²) in [6.07, 6.45) is 1.80. The molecule has 8 heteroatoms. The number of anilines is 2. The molecule has 0 aromatic heterocycles. The van der Waals surface area contributed by atoms with Gasteiger partial charge in [-0.2, -0.15) is 0 Å². The van der Waals surface area contributed by atoms with Crippen LogP contribution >= 0.6 is 23.2 Å². The van der Waals surface area contributed by atoms with Gasteiger partial charge in [-0.3, -0.25) is 19.8 Å². The van der Waals surface area contributed by atoms with Crippen molar-refractivity contribution in [3.8, 4) is 0 Å². The van der Waals surface area contributed by atoms with E-state index in [-0.39, 0.29) is 11.6 Å². The Labute approximate surface area is 195 Å². The number of amides is 1. The molecule has 1 N–H and O–H groups in total. The van der Waals surface area contributed by atoms with E-state index in [0.717, 1.165) is 16.7 Å². The van der Waals surface area contributed by atoms with E-state index in [4.69, 9.17) is 23.2 Å². The zero-order valence-corrected chi connectivity index (χ0v) is 18.8. The Morgan fingerprint density at radius 2 is 1.56 bits per heavy atom. The van der Waals surface area contributed by atoms with Crippen molar-refractivity contribution >= 4 is 46.2 Å². The number of carbonyl (C=O) groups is 1. The molecular weight excluding hydrogens is 449 g/mol. The van der Waals surface area contributed by atoms with E-state index in [1.807, 2.05) is 38.1 Å². The minimum Gasteiger partial charge on any atom is -0.351 e. The van der Waals surface area contributed by atoms with E-state index in [2.05, 4.69) is 5.32 Å². The van der Waals surface area contributed by atoms with Gasteiger partial charge in [0.05, 0.1) is 11.0 Å². The van der Waals surface area contributed by atoms with Gasteiger partial charge >= 0.3 is 0 Å². The quantitative estimate of drug-likeness (QED) is 0.338. The van der Waals surface area contributed by atoms with Crippen molar-refractivity contribution in [2.75, 3.05) is 10.2 Å². The van der Waals surface area contributed by atoms with Crippen molar-refractivity contribution in [3.05, 3.63) is 109 Å². The zero-order chi connectivity index (χ0) is 23.0. The van der Waals surface area contributed by atoms with E-state index >= 15 is 0 Å². The third kappa shape index (κ3) is 4.20. The summed E-state index contributed by atoms with van der Waals surface area (Å²) >= 11 is 12.6. The van der Waals surface area contributed by atoms with Crippen molar-refractivity contribution in [2.24, 2.45) is 0 Å². The molecule has 0 unspecified atom stereocenters. The van der Waals surface area contributed by atoms with Crippen molar-refractivity contribution < 1.29 is 9.72 Å². The van der Waals surface area contributed by atoms with Crippen LogP contribution < -0.4 is 10.2 Å². The van der Waals surface area contributed by atoms with E-state index in [1.165, 1.54) is 12.1 Å². The van der Waals surface area contributed by atoms with Crippen LogP contribution in [0.1, 0.15) is 22.7 Å². The topological polar surface area (TPSA) is 75.5 Å². The Balaban J connectivity index is 1.75. The molecule has 1 amide bonds. The first-order valence-corrected chi connectivity index (χ1v) is 10.6. The number of hydrogen-bond donors (Lipinski definition) is 1. The fourth-order valence-electron chi connectivity index (χ4n) is 3.53. The van der Waals surface area contributed by atoms with Gasteiger partial charge < -0.3 is 5.32 Å². The Kier molecular flexibility index (Phi) is 5.91. The van der Waals surface area contributed by atoms with E-state index < -0.39 is 11.0 Å². The van der Waals surface area contributed by atoms with Crippen molar-refractivity contribution in [2.45, 2.75) is 19.9 Å². The van der Waals surface area contributed by atoms with Crippen LogP contribution in [0.25, 0.3) is 0 Å². The number of hydrogen-bond acceptors (Lipinski definition) is 4.